The van der Waals surface area contributed by atoms with Crippen LogP contribution in [-0.4, -0.2) is 50.8 Å². The van der Waals surface area contributed by atoms with Crippen LogP contribution in [0, 0.1) is 0 Å². The predicted octanol–water partition coefficient (Wildman–Crippen LogP) is 2.40. The molecule has 1 aliphatic heterocycles. The van der Waals surface area contributed by atoms with Gasteiger partial charge < -0.3 is 9.47 Å². The number of ether oxygens (including phenoxy) is 2. The third-order valence-corrected chi connectivity index (χ3v) is 3.77. The molecular weight excluding hydrogens is 260 g/mol. The number of nitrogens with zero attached hydrogens (tertiary/aromatic N) is 1. The summed E-state index contributed by atoms with van der Waals surface area (Å²) in [5.41, 5.74) is 0. The minimum Gasteiger partial charge on any atom is -0.374 e. The fourth-order valence-corrected chi connectivity index (χ4v) is 2.68. The molecule has 0 N–H and O–H groups in total. The highest BCUT2D eigenvalue weighted by atomic mass is 32.1. The van der Waals surface area contributed by atoms with E-state index in [9.17, 15) is 8.78 Å². The zero-order chi connectivity index (χ0) is 12.8. The molecule has 0 bridgehead atoms. The minimum atomic E-state index is -2.38. The highest BCUT2D eigenvalue weighted by Crippen LogP contribution is 2.25. The average molecular weight is 277 g/mol. The molecule has 3 nitrogen and oxygen atoms in total. The topological polar surface area (TPSA) is 21.7 Å². The summed E-state index contributed by atoms with van der Waals surface area (Å²) in [5, 5.41) is 2.03. The van der Waals surface area contributed by atoms with Crippen LogP contribution in [0.4, 0.5) is 8.78 Å². The van der Waals surface area contributed by atoms with Gasteiger partial charge in [-0.2, -0.15) is 0 Å². The molecule has 1 aromatic rings. The SMILES string of the molecule is FC(F)COCCN1CCO[C@H](c2cccs2)C1. The molecule has 0 saturated carbocycles. The van der Waals surface area contributed by atoms with Crippen molar-refractivity contribution in [3.05, 3.63) is 22.4 Å². The molecule has 0 aromatic carbocycles. The maximum atomic E-state index is 11.9. The van der Waals surface area contributed by atoms with Crippen LogP contribution in [-0.2, 0) is 9.47 Å². The van der Waals surface area contributed by atoms with E-state index in [4.69, 9.17) is 9.47 Å². The number of hydrogen-bond donors (Lipinski definition) is 0. The van der Waals surface area contributed by atoms with Crippen molar-refractivity contribution in [2.45, 2.75) is 12.5 Å². The van der Waals surface area contributed by atoms with Crippen molar-refractivity contribution in [2.24, 2.45) is 0 Å². The molecule has 1 saturated heterocycles. The number of rotatable bonds is 6. The summed E-state index contributed by atoms with van der Waals surface area (Å²) in [7, 11) is 0. The van der Waals surface area contributed by atoms with Gasteiger partial charge in [0.05, 0.1) is 13.2 Å². The lowest BCUT2D eigenvalue weighted by Crippen LogP contribution is -2.40. The van der Waals surface area contributed by atoms with E-state index in [1.54, 1.807) is 11.3 Å². The molecule has 0 amide bonds. The molecule has 6 heteroatoms. The van der Waals surface area contributed by atoms with Gasteiger partial charge in [-0.3, -0.25) is 4.90 Å². The molecule has 1 fully saturated rings. The third kappa shape index (κ3) is 4.28. The summed E-state index contributed by atoms with van der Waals surface area (Å²) in [6.07, 6.45) is -2.28. The molecule has 18 heavy (non-hydrogen) atoms. The van der Waals surface area contributed by atoms with Crippen LogP contribution in [0.3, 0.4) is 0 Å². The first-order valence-corrected chi connectivity index (χ1v) is 6.87. The molecule has 0 unspecified atom stereocenters. The Morgan fingerprint density at radius 3 is 3.17 bits per heavy atom. The summed E-state index contributed by atoms with van der Waals surface area (Å²) < 4.78 is 34.4. The van der Waals surface area contributed by atoms with Gasteiger partial charge in [0.25, 0.3) is 6.43 Å². The molecule has 0 spiro atoms. The van der Waals surface area contributed by atoms with Crippen LogP contribution < -0.4 is 0 Å². The van der Waals surface area contributed by atoms with Crippen LogP contribution in [0.15, 0.2) is 17.5 Å². The zero-order valence-electron chi connectivity index (χ0n) is 10.1. The van der Waals surface area contributed by atoms with Crippen LogP contribution in [0.5, 0.6) is 0 Å². The van der Waals surface area contributed by atoms with Gasteiger partial charge in [0.15, 0.2) is 0 Å². The first-order valence-electron chi connectivity index (χ1n) is 5.99. The van der Waals surface area contributed by atoms with Gasteiger partial charge in [-0.15, -0.1) is 11.3 Å². The van der Waals surface area contributed by atoms with Gasteiger partial charge in [-0.05, 0) is 11.4 Å². The maximum Gasteiger partial charge on any atom is 0.261 e. The largest absolute Gasteiger partial charge is 0.374 e. The van der Waals surface area contributed by atoms with E-state index in [0.29, 0.717) is 19.8 Å². The highest BCUT2D eigenvalue weighted by Gasteiger charge is 2.22. The average Bonchev–Trinajstić information content (AvgIpc) is 2.89. The van der Waals surface area contributed by atoms with E-state index >= 15 is 0 Å². The summed E-state index contributed by atoms with van der Waals surface area (Å²) >= 11 is 1.68. The zero-order valence-corrected chi connectivity index (χ0v) is 10.9. The molecule has 2 heterocycles. The number of thiophene rings is 1. The van der Waals surface area contributed by atoms with Gasteiger partial charge in [0.1, 0.15) is 12.7 Å². The molecule has 0 aliphatic carbocycles. The Morgan fingerprint density at radius 1 is 1.56 bits per heavy atom. The highest BCUT2D eigenvalue weighted by molar-refractivity contribution is 7.10. The lowest BCUT2D eigenvalue weighted by Gasteiger charge is -2.32. The van der Waals surface area contributed by atoms with Crippen molar-refractivity contribution < 1.29 is 18.3 Å². The fourth-order valence-electron chi connectivity index (χ4n) is 1.92. The van der Waals surface area contributed by atoms with Gasteiger partial charge in [0, 0.05) is 24.5 Å². The van der Waals surface area contributed by atoms with Crippen molar-refractivity contribution in [3.8, 4) is 0 Å². The summed E-state index contributed by atoms with van der Waals surface area (Å²) in [6, 6.07) is 4.07. The maximum absolute atomic E-state index is 11.9. The molecule has 102 valence electrons. The minimum absolute atomic E-state index is 0.105. The van der Waals surface area contributed by atoms with Crippen LogP contribution in [0.25, 0.3) is 0 Å². The molecular formula is C12H17F2NO2S. The second kappa shape index (κ2) is 7.13. The Morgan fingerprint density at radius 2 is 2.44 bits per heavy atom. The number of morpholine rings is 1. The molecule has 1 aliphatic rings. The second-order valence-electron chi connectivity index (χ2n) is 4.14. The van der Waals surface area contributed by atoms with Gasteiger partial charge in [-0.25, -0.2) is 8.78 Å². The first-order chi connectivity index (χ1) is 8.75. The standard InChI is InChI=1S/C12H17F2NO2S/c13-12(14)9-16-5-3-15-4-6-17-10(8-15)11-2-1-7-18-11/h1-2,7,10,12H,3-6,8-9H2/t10-/m0/s1. The first kappa shape index (κ1) is 13.9. The fraction of sp³-hybridized carbons (Fsp3) is 0.667. The summed E-state index contributed by atoms with van der Waals surface area (Å²) in [5.74, 6) is 0. The predicted molar refractivity (Wildman–Crippen MR) is 66.3 cm³/mol. The lowest BCUT2D eigenvalue weighted by atomic mass is 10.2. The Labute approximate surface area is 109 Å². The normalized spacial score (nSPS) is 21.6. The molecule has 0 radical (unpaired) electrons. The van der Waals surface area contributed by atoms with Crippen LogP contribution in [0.2, 0.25) is 0 Å². The van der Waals surface area contributed by atoms with E-state index in [-0.39, 0.29) is 6.10 Å². The van der Waals surface area contributed by atoms with Crippen LogP contribution in [0.1, 0.15) is 11.0 Å². The van der Waals surface area contributed by atoms with E-state index in [1.807, 2.05) is 11.4 Å². The Kier molecular flexibility index (Phi) is 5.49. The number of alkyl halides is 2. The Bertz CT molecular complexity index is 335. The van der Waals surface area contributed by atoms with Crippen molar-refractivity contribution in [1.82, 2.24) is 4.90 Å². The van der Waals surface area contributed by atoms with Crippen molar-refractivity contribution in [3.63, 3.8) is 0 Å². The number of hydrogen-bond acceptors (Lipinski definition) is 4. The van der Waals surface area contributed by atoms with E-state index in [0.717, 1.165) is 13.1 Å². The molecule has 2 rings (SSSR count). The summed E-state index contributed by atoms with van der Waals surface area (Å²) in [6.45, 7) is 2.87. The quantitative estimate of drug-likeness (QED) is 0.745. The smallest absolute Gasteiger partial charge is 0.261 e. The van der Waals surface area contributed by atoms with Gasteiger partial charge >= 0.3 is 0 Å². The van der Waals surface area contributed by atoms with E-state index in [2.05, 4.69) is 11.0 Å². The molecule has 1 atom stereocenters. The monoisotopic (exact) mass is 277 g/mol. The number of halogens is 2. The second-order valence-corrected chi connectivity index (χ2v) is 5.12. The summed E-state index contributed by atoms with van der Waals surface area (Å²) in [4.78, 5) is 3.41. The Hall–Kier alpha value is -0.560. The molecule has 1 aromatic heterocycles. The van der Waals surface area contributed by atoms with Gasteiger partial charge in [0.2, 0.25) is 0 Å². The lowest BCUT2D eigenvalue weighted by molar-refractivity contribution is -0.0431. The van der Waals surface area contributed by atoms with Crippen LogP contribution >= 0.6 is 11.3 Å². The Balaban J connectivity index is 1.70. The van der Waals surface area contributed by atoms with Crippen molar-refractivity contribution in [1.29, 1.82) is 0 Å². The van der Waals surface area contributed by atoms with Crippen molar-refractivity contribution >= 4 is 11.3 Å². The van der Waals surface area contributed by atoms with E-state index < -0.39 is 13.0 Å². The van der Waals surface area contributed by atoms with Crippen molar-refractivity contribution in [2.75, 3.05) is 39.5 Å². The van der Waals surface area contributed by atoms with Gasteiger partial charge in [-0.1, -0.05) is 6.07 Å². The third-order valence-electron chi connectivity index (χ3n) is 2.81. The van der Waals surface area contributed by atoms with E-state index in [1.165, 1.54) is 4.88 Å².